The minimum absolute atomic E-state index is 0.0565. The van der Waals surface area contributed by atoms with E-state index in [0.717, 1.165) is 15.3 Å². The number of hydrogen-bond acceptors (Lipinski definition) is 3. The lowest BCUT2D eigenvalue weighted by molar-refractivity contribution is -0.126. The second-order valence-corrected chi connectivity index (χ2v) is 7.15. The molecule has 0 bridgehead atoms. The van der Waals surface area contributed by atoms with Crippen molar-refractivity contribution in [3.05, 3.63) is 46.3 Å². The Balaban J connectivity index is 1.66. The zero-order valence-corrected chi connectivity index (χ0v) is 14.2. The first-order chi connectivity index (χ1) is 11.0. The van der Waals surface area contributed by atoms with Gasteiger partial charge >= 0.3 is 0 Å². The van der Waals surface area contributed by atoms with Crippen LogP contribution in [0.5, 0.6) is 0 Å². The number of thiophene rings is 1. The minimum Gasteiger partial charge on any atom is -0.347 e. The highest BCUT2D eigenvalue weighted by Crippen LogP contribution is 2.32. The summed E-state index contributed by atoms with van der Waals surface area (Å²) >= 11 is 7.55. The molecule has 1 aliphatic rings. The van der Waals surface area contributed by atoms with E-state index in [1.165, 1.54) is 0 Å². The van der Waals surface area contributed by atoms with Crippen LogP contribution in [0.3, 0.4) is 0 Å². The topological polar surface area (TPSA) is 58.2 Å². The highest BCUT2D eigenvalue weighted by atomic mass is 35.5. The maximum absolute atomic E-state index is 12.2. The fourth-order valence-corrected chi connectivity index (χ4v) is 3.69. The first kappa shape index (κ1) is 16.0. The van der Waals surface area contributed by atoms with Crippen LogP contribution in [0, 0.1) is 0 Å². The molecule has 1 fully saturated rings. The van der Waals surface area contributed by atoms with E-state index < -0.39 is 6.04 Å². The Morgan fingerprint density at radius 2 is 2.04 bits per heavy atom. The maximum Gasteiger partial charge on any atom is 0.243 e. The second-order valence-electron chi connectivity index (χ2n) is 5.60. The van der Waals surface area contributed by atoms with E-state index in [0.29, 0.717) is 17.9 Å². The molecule has 1 aromatic heterocycles. The average Bonchev–Trinajstić information content (AvgIpc) is 3.17. The lowest BCUT2D eigenvalue weighted by atomic mass is 10.2. The molecule has 6 heteroatoms. The van der Waals surface area contributed by atoms with Crippen LogP contribution in [0.1, 0.15) is 30.7 Å². The number of carbonyl (C=O) groups is 2. The van der Waals surface area contributed by atoms with Crippen LogP contribution >= 0.6 is 22.9 Å². The molecule has 2 amide bonds. The summed E-state index contributed by atoms with van der Waals surface area (Å²) in [5, 5.41) is 6.37. The quantitative estimate of drug-likeness (QED) is 0.888. The molecule has 1 aromatic carbocycles. The highest BCUT2D eigenvalue weighted by Gasteiger charge is 2.28. The smallest absolute Gasteiger partial charge is 0.243 e. The number of nitrogens with one attached hydrogen (secondary N) is 2. The zero-order valence-electron chi connectivity index (χ0n) is 12.6. The SMILES string of the molecule is CC(NC(=O)[C@H]1CCC(=O)N1)c1ccc(-c2ccc(Cl)cc2)s1. The van der Waals surface area contributed by atoms with E-state index in [1.54, 1.807) is 11.3 Å². The second kappa shape index (κ2) is 6.72. The fourth-order valence-electron chi connectivity index (χ4n) is 2.55. The van der Waals surface area contributed by atoms with Crippen molar-refractivity contribution < 1.29 is 9.59 Å². The van der Waals surface area contributed by atoms with Crippen LogP contribution in [0.4, 0.5) is 0 Å². The molecular formula is C17H17ClN2O2S. The van der Waals surface area contributed by atoms with Crippen LogP contribution in [-0.2, 0) is 9.59 Å². The van der Waals surface area contributed by atoms with Gasteiger partial charge in [-0.25, -0.2) is 0 Å². The molecule has 23 heavy (non-hydrogen) atoms. The monoisotopic (exact) mass is 348 g/mol. The third kappa shape index (κ3) is 3.74. The van der Waals surface area contributed by atoms with Gasteiger partial charge in [-0.1, -0.05) is 23.7 Å². The summed E-state index contributed by atoms with van der Waals surface area (Å²) in [6.07, 6.45) is 0.990. The van der Waals surface area contributed by atoms with Gasteiger partial charge in [0.2, 0.25) is 11.8 Å². The standard InChI is InChI=1S/C17H17ClN2O2S/c1-10(19-17(22)13-6-9-16(21)20-13)14-7-8-15(23-14)11-2-4-12(18)5-3-11/h2-5,7-8,10,13H,6,9H2,1H3,(H,19,22)(H,20,21)/t10?,13-/m1/s1. The molecule has 2 atom stereocenters. The van der Waals surface area contributed by atoms with Crippen molar-refractivity contribution in [2.24, 2.45) is 0 Å². The van der Waals surface area contributed by atoms with Gasteiger partial charge in [-0.2, -0.15) is 0 Å². The van der Waals surface area contributed by atoms with Crippen LogP contribution in [0.15, 0.2) is 36.4 Å². The van der Waals surface area contributed by atoms with E-state index in [9.17, 15) is 9.59 Å². The molecule has 0 spiro atoms. The van der Waals surface area contributed by atoms with Crippen molar-refractivity contribution >= 4 is 34.8 Å². The molecule has 0 aliphatic carbocycles. The number of rotatable bonds is 4. The van der Waals surface area contributed by atoms with Gasteiger partial charge in [0, 0.05) is 21.2 Å². The fraction of sp³-hybridized carbons (Fsp3) is 0.294. The Labute approximate surface area is 143 Å². The van der Waals surface area contributed by atoms with E-state index in [4.69, 9.17) is 11.6 Å². The average molecular weight is 349 g/mol. The Morgan fingerprint density at radius 3 is 2.70 bits per heavy atom. The van der Waals surface area contributed by atoms with Crippen molar-refractivity contribution in [1.82, 2.24) is 10.6 Å². The third-order valence-electron chi connectivity index (χ3n) is 3.85. The predicted molar refractivity (Wildman–Crippen MR) is 92.5 cm³/mol. The number of hydrogen-bond donors (Lipinski definition) is 2. The Kier molecular flexibility index (Phi) is 4.68. The molecule has 2 heterocycles. The Bertz CT molecular complexity index is 726. The summed E-state index contributed by atoms with van der Waals surface area (Å²) in [7, 11) is 0. The lowest BCUT2D eigenvalue weighted by Crippen LogP contribution is -2.42. The molecule has 120 valence electrons. The van der Waals surface area contributed by atoms with Crippen molar-refractivity contribution in [2.45, 2.75) is 31.8 Å². The number of halogens is 1. The van der Waals surface area contributed by atoms with Gasteiger partial charge in [0.05, 0.1) is 6.04 Å². The van der Waals surface area contributed by atoms with E-state index in [1.807, 2.05) is 43.3 Å². The summed E-state index contributed by atoms with van der Waals surface area (Å²) in [6, 6.07) is 11.3. The molecule has 1 aliphatic heterocycles. The van der Waals surface area contributed by atoms with Gasteiger partial charge < -0.3 is 10.6 Å². The maximum atomic E-state index is 12.2. The summed E-state index contributed by atoms with van der Waals surface area (Å²) in [5.41, 5.74) is 1.10. The van der Waals surface area contributed by atoms with Crippen molar-refractivity contribution in [3.8, 4) is 10.4 Å². The summed E-state index contributed by atoms with van der Waals surface area (Å²) < 4.78 is 0. The molecule has 3 rings (SSSR count). The van der Waals surface area contributed by atoms with Crippen molar-refractivity contribution in [3.63, 3.8) is 0 Å². The normalized spacial score (nSPS) is 18.5. The first-order valence-corrected chi connectivity index (χ1v) is 8.68. The van der Waals surface area contributed by atoms with Gasteiger partial charge in [-0.15, -0.1) is 11.3 Å². The van der Waals surface area contributed by atoms with Crippen molar-refractivity contribution in [2.75, 3.05) is 0 Å². The Morgan fingerprint density at radius 1 is 1.30 bits per heavy atom. The molecule has 1 saturated heterocycles. The van der Waals surface area contributed by atoms with Gasteiger partial charge in [-0.3, -0.25) is 9.59 Å². The summed E-state index contributed by atoms with van der Waals surface area (Å²) in [4.78, 5) is 25.6. The van der Waals surface area contributed by atoms with E-state index >= 15 is 0 Å². The van der Waals surface area contributed by atoms with E-state index in [2.05, 4.69) is 10.6 Å². The molecule has 2 aromatic rings. The van der Waals surface area contributed by atoms with Gasteiger partial charge in [0.25, 0.3) is 0 Å². The molecule has 0 saturated carbocycles. The largest absolute Gasteiger partial charge is 0.347 e. The Hall–Kier alpha value is -1.85. The predicted octanol–water partition coefficient (Wildman–Crippen LogP) is 3.52. The van der Waals surface area contributed by atoms with Crippen LogP contribution < -0.4 is 10.6 Å². The highest BCUT2D eigenvalue weighted by molar-refractivity contribution is 7.15. The van der Waals surface area contributed by atoms with Gasteiger partial charge in [0.1, 0.15) is 6.04 Å². The summed E-state index contributed by atoms with van der Waals surface area (Å²) in [6.45, 7) is 1.95. The summed E-state index contributed by atoms with van der Waals surface area (Å²) in [5.74, 6) is -0.177. The van der Waals surface area contributed by atoms with Crippen LogP contribution in [-0.4, -0.2) is 17.9 Å². The third-order valence-corrected chi connectivity index (χ3v) is 5.42. The first-order valence-electron chi connectivity index (χ1n) is 7.48. The van der Waals surface area contributed by atoms with Crippen molar-refractivity contribution in [1.29, 1.82) is 0 Å². The molecular weight excluding hydrogens is 332 g/mol. The van der Waals surface area contributed by atoms with Crippen LogP contribution in [0.25, 0.3) is 10.4 Å². The molecule has 1 unspecified atom stereocenters. The molecule has 4 nitrogen and oxygen atoms in total. The van der Waals surface area contributed by atoms with E-state index in [-0.39, 0.29) is 17.9 Å². The zero-order chi connectivity index (χ0) is 16.4. The van der Waals surface area contributed by atoms with Gasteiger partial charge in [0.15, 0.2) is 0 Å². The molecule has 0 radical (unpaired) electrons. The van der Waals surface area contributed by atoms with Gasteiger partial charge in [-0.05, 0) is 43.2 Å². The molecule has 2 N–H and O–H groups in total. The minimum atomic E-state index is -0.402. The van der Waals surface area contributed by atoms with Crippen LogP contribution in [0.2, 0.25) is 5.02 Å². The lowest BCUT2D eigenvalue weighted by Gasteiger charge is -2.16. The number of amides is 2. The number of carbonyl (C=O) groups excluding carboxylic acids is 2. The number of benzene rings is 1.